The van der Waals surface area contributed by atoms with Crippen molar-refractivity contribution >= 4 is 34.8 Å². The lowest BCUT2D eigenvalue weighted by Crippen LogP contribution is -2.31. The van der Waals surface area contributed by atoms with Gasteiger partial charge in [-0.3, -0.25) is 9.59 Å². The van der Waals surface area contributed by atoms with E-state index in [1.54, 1.807) is 12.1 Å². The first kappa shape index (κ1) is 19.2. The van der Waals surface area contributed by atoms with Crippen LogP contribution in [0.3, 0.4) is 0 Å². The normalized spacial score (nSPS) is 14.3. The van der Waals surface area contributed by atoms with Gasteiger partial charge in [-0.2, -0.15) is 0 Å². The van der Waals surface area contributed by atoms with Gasteiger partial charge in [0, 0.05) is 0 Å². The smallest absolute Gasteiger partial charge is 0.272 e. The van der Waals surface area contributed by atoms with Crippen LogP contribution >= 0.6 is 11.8 Å². The average Bonchev–Trinajstić information content (AvgIpc) is 2.91. The van der Waals surface area contributed by atoms with Gasteiger partial charge in [0.2, 0.25) is 0 Å². The van der Waals surface area contributed by atoms with Crippen molar-refractivity contribution in [2.45, 2.75) is 27.2 Å². The number of hydrogen-bond acceptors (Lipinski definition) is 4. The third-order valence-corrected chi connectivity index (χ3v) is 5.19. The van der Waals surface area contributed by atoms with Crippen molar-refractivity contribution in [2.75, 3.05) is 17.3 Å². The minimum Gasteiger partial charge on any atom is -0.491 e. The number of hydrogen-bond donors (Lipinski definition) is 0. The van der Waals surface area contributed by atoms with Crippen LogP contribution in [0.15, 0.2) is 53.4 Å². The molecule has 1 heterocycles. The van der Waals surface area contributed by atoms with Gasteiger partial charge < -0.3 is 4.74 Å². The van der Waals surface area contributed by atoms with Gasteiger partial charge in [-0.05, 0) is 36.8 Å². The maximum atomic E-state index is 13.3. The van der Waals surface area contributed by atoms with Crippen molar-refractivity contribution in [1.29, 1.82) is 0 Å². The lowest BCUT2D eigenvalue weighted by atomic mass is 10.0. The molecule has 0 spiro atoms. The fourth-order valence-corrected chi connectivity index (χ4v) is 3.81. The first-order chi connectivity index (χ1) is 13.1. The minimum absolute atomic E-state index is 0.282. The molecule has 27 heavy (non-hydrogen) atoms. The highest BCUT2D eigenvalue weighted by Gasteiger charge is 2.41. The molecule has 0 aliphatic carbocycles. The molecule has 0 atom stereocenters. The molecule has 2 amide bonds. The average molecular weight is 381 g/mol. The molecule has 2 aromatic carbocycles. The fraction of sp³-hybridized carbons (Fsp3) is 0.273. The molecule has 140 valence electrons. The van der Waals surface area contributed by atoms with E-state index in [-0.39, 0.29) is 11.8 Å². The number of nitrogens with zero attached hydrogens (tertiary/aromatic N) is 1. The Hall–Kier alpha value is -2.53. The summed E-state index contributed by atoms with van der Waals surface area (Å²) in [6.07, 6.45) is 0.847. The minimum atomic E-state index is -0.299. The van der Waals surface area contributed by atoms with Crippen molar-refractivity contribution in [3.8, 4) is 5.75 Å². The van der Waals surface area contributed by atoms with Gasteiger partial charge in [0.25, 0.3) is 11.8 Å². The largest absolute Gasteiger partial charge is 0.491 e. The molecule has 1 aliphatic rings. The Morgan fingerprint density at radius 1 is 0.963 bits per heavy atom. The maximum Gasteiger partial charge on any atom is 0.272 e. The predicted octanol–water partition coefficient (Wildman–Crippen LogP) is 4.82. The Morgan fingerprint density at radius 2 is 1.67 bits per heavy atom. The third-order valence-electron chi connectivity index (χ3n) is 4.24. The van der Waals surface area contributed by atoms with Crippen molar-refractivity contribution < 1.29 is 14.3 Å². The van der Waals surface area contributed by atoms with Crippen molar-refractivity contribution in [1.82, 2.24) is 0 Å². The second kappa shape index (κ2) is 8.44. The number of amides is 2. The third kappa shape index (κ3) is 3.78. The summed E-state index contributed by atoms with van der Waals surface area (Å²) in [5.74, 6) is 0.681. The zero-order valence-corrected chi connectivity index (χ0v) is 16.6. The van der Waals surface area contributed by atoms with Crippen molar-refractivity contribution in [3.05, 3.63) is 64.6 Å². The molecule has 0 radical (unpaired) electrons. The Morgan fingerprint density at radius 3 is 2.33 bits per heavy atom. The molecule has 0 fully saturated rings. The number of carbonyl (C=O) groups excluding carboxylic acids is 2. The Bertz CT molecular complexity index is 887. The van der Waals surface area contributed by atoms with Gasteiger partial charge in [-0.25, -0.2) is 4.90 Å². The van der Waals surface area contributed by atoms with Crippen LogP contribution < -0.4 is 9.64 Å². The second-order valence-corrected chi connectivity index (χ2v) is 7.54. The molecule has 0 saturated carbocycles. The van der Waals surface area contributed by atoms with Gasteiger partial charge in [0.05, 0.1) is 22.8 Å². The summed E-state index contributed by atoms with van der Waals surface area (Å²) >= 11 is 1.41. The highest BCUT2D eigenvalue weighted by atomic mass is 32.2. The van der Waals surface area contributed by atoms with Crippen LogP contribution in [-0.4, -0.2) is 24.2 Å². The number of carbonyl (C=O) groups is 2. The van der Waals surface area contributed by atoms with Crippen molar-refractivity contribution in [2.24, 2.45) is 0 Å². The van der Waals surface area contributed by atoms with Crippen LogP contribution in [0.2, 0.25) is 0 Å². The molecule has 0 aromatic heterocycles. The topological polar surface area (TPSA) is 46.6 Å². The van der Waals surface area contributed by atoms with E-state index < -0.39 is 0 Å². The van der Waals surface area contributed by atoms with E-state index in [2.05, 4.69) is 0 Å². The summed E-state index contributed by atoms with van der Waals surface area (Å²) in [4.78, 5) is 28.2. The molecule has 0 saturated heterocycles. The zero-order valence-electron chi connectivity index (χ0n) is 15.8. The van der Waals surface area contributed by atoms with Gasteiger partial charge in [0.1, 0.15) is 5.75 Å². The second-order valence-electron chi connectivity index (χ2n) is 6.27. The van der Waals surface area contributed by atoms with Gasteiger partial charge >= 0.3 is 0 Å². The van der Waals surface area contributed by atoms with E-state index >= 15 is 0 Å². The van der Waals surface area contributed by atoms with E-state index in [4.69, 9.17) is 4.74 Å². The Labute approximate surface area is 164 Å². The van der Waals surface area contributed by atoms with E-state index in [0.29, 0.717) is 34.3 Å². The SMILES string of the molecule is CCCOc1ccccc1N1C(=O)C(SCC)=C(c2ccc(C)cc2)C1=O. The van der Waals surface area contributed by atoms with Crippen LogP contribution in [0, 0.1) is 6.92 Å². The molecule has 0 N–H and O–H groups in total. The van der Waals surface area contributed by atoms with E-state index in [1.807, 2.05) is 57.2 Å². The van der Waals surface area contributed by atoms with Crippen molar-refractivity contribution in [3.63, 3.8) is 0 Å². The standard InChI is InChI=1S/C22H23NO3S/c1-4-14-26-18-9-7-6-8-17(18)23-21(24)19(20(22(23)25)27-5-2)16-12-10-15(3)11-13-16/h6-13H,4-5,14H2,1-3H3. The first-order valence-electron chi connectivity index (χ1n) is 9.13. The number of anilines is 1. The summed E-state index contributed by atoms with van der Waals surface area (Å²) in [5.41, 5.74) is 2.84. The summed E-state index contributed by atoms with van der Waals surface area (Å²) in [7, 11) is 0. The quantitative estimate of drug-likeness (QED) is 0.645. The highest BCUT2D eigenvalue weighted by molar-refractivity contribution is 8.04. The molecule has 1 aliphatic heterocycles. The van der Waals surface area contributed by atoms with Crippen LogP contribution in [0.1, 0.15) is 31.4 Å². The number of ether oxygens (including phenoxy) is 1. The lowest BCUT2D eigenvalue weighted by Gasteiger charge is -2.19. The number of aryl methyl sites for hydroxylation is 1. The summed E-state index contributed by atoms with van der Waals surface area (Å²) in [6, 6.07) is 14.9. The van der Waals surface area contributed by atoms with Crippen LogP contribution in [0.5, 0.6) is 5.75 Å². The number of imide groups is 1. The predicted molar refractivity (Wildman–Crippen MR) is 111 cm³/mol. The van der Waals surface area contributed by atoms with Crippen LogP contribution in [0.4, 0.5) is 5.69 Å². The summed E-state index contributed by atoms with van der Waals surface area (Å²) in [5, 5.41) is 0. The lowest BCUT2D eigenvalue weighted by molar-refractivity contribution is -0.119. The molecule has 0 bridgehead atoms. The van der Waals surface area contributed by atoms with Crippen LogP contribution in [0.25, 0.3) is 5.57 Å². The zero-order chi connectivity index (χ0) is 19.4. The molecular weight excluding hydrogens is 358 g/mol. The van der Waals surface area contributed by atoms with Gasteiger partial charge in [-0.15, -0.1) is 11.8 Å². The highest BCUT2D eigenvalue weighted by Crippen LogP contribution is 2.41. The number of thioether (sulfide) groups is 1. The first-order valence-corrected chi connectivity index (χ1v) is 10.1. The maximum absolute atomic E-state index is 13.3. The molecule has 3 rings (SSSR count). The van der Waals surface area contributed by atoms with Gasteiger partial charge in [0.15, 0.2) is 0 Å². The number of rotatable bonds is 7. The molecular formula is C22H23NO3S. The summed E-state index contributed by atoms with van der Waals surface area (Å²) < 4.78 is 5.78. The number of benzene rings is 2. The number of para-hydroxylation sites is 2. The molecule has 2 aromatic rings. The fourth-order valence-electron chi connectivity index (χ4n) is 2.96. The molecule has 5 heteroatoms. The van der Waals surface area contributed by atoms with Gasteiger partial charge in [-0.1, -0.05) is 55.8 Å². The van der Waals surface area contributed by atoms with E-state index in [1.165, 1.54) is 16.7 Å². The van der Waals surface area contributed by atoms with Crippen LogP contribution in [-0.2, 0) is 9.59 Å². The molecule has 4 nitrogen and oxygen atoms in total. The van der Waals surface area contributed by atoms with E-state index in [0.717, 1.165) is 17.5 Å². The van der Waals surface area contributed by atoms with E-state index in [9.17, 15) is 9.59 Å². The summed E-state index contributed by atoms with van der Waals surface area (Å²) in [6.45, 7) is 6.52. The monoisotopic (exact) mass is 381 g/mol. The Kier molecular flexibility index (Phi) is 6.01. The Balaban J connectivity index is 2.06. The molecule has 0 unspecified atom stereocenters.